The van der Waals surface area contributed by atoms with Gasteiger partial charge < -0.3 is 28.4 Å². The summed E-state index contributed by atoms with van der Waals surface area (Å²) in [6.07, 6.45) is 2.24. The Kier molecular flexibility index (Phi) is 11.5. The van der Waals surface area contributed by atoms with Gasteiger partial charge in [0.15, 0.2) is 0 Å². The second kappa shape index (κ2) is 15.1. The number of benzene rings is 3. The van der Waals surface area contributed by atoms with Gasteiger partial charge in [0.25, 0.3) is 0 Å². The van der Waals surface area contributed by atoms with E-state index in [-0.39, 0.29) is 31.8 Å². The van der Waals surface area contributed by atoms with Gasteiger partial charge in [-0.2, -0.15) is 0 Å². The van der Waals surface area contributed by atoms with Crippen LogP contribution in [0.15, 0.2) is 67.8 Å². The maximum absolute atomic E-state index is 11.2. The molecule has 0 saturated carbocycles. The number of carbonyl (C=O) groups is 2. The van der Waals surface area contributed by atoms with E-state index in [4.69, 9.17) is 28.4 Å². The lowest BCUT2D eigenvalue weighted by Gasteiger charge is -2.22. The minimum absolute atomic E-state index is 0.0625. The first-order chi connectivity index (χ1) is 19.3. The smallest absolute Gasteiger partial charge is 0.330 e. The Morgan fingerprint density at radius 3 is 1.57 bits per heavy atom. The van der Waals surface area contributed by atoms with Crippen molar-refractivity contribution in [2.24, 2.45) is 0 Å². The molecule has 8 heteroatoms. The predicted octanol–water partition coefficient (Wildman–Crippen LogP) is 5.54. The number of hydrogen-bond donors (Lipinski definition) is 0. The Labute approximate surface area is 235 Å². The number of hydrogen-bond acceptors (Lipinski definition) is 8. The second-order valence-corrected chi connectivity index (χ2v) is 9.88. The Morgan fingerprint density at radius 2 is 1.10 bits per heavy atom. The highest BCUT2D eigenvalue weighted by molar-refractivity contribution is 6.11. The van der Waals surface area contributed by atoms with Crippen LogP contribution in [0.4, 0.5) is 0 Å². The second-order valence-electron chi connectivity index (χ2n) is 9.88. The molecule has 0 bridgehead atoms. The Balaban J connectivity index is 1.79. The first-order valence-corrected chi connectivity index (χ1v) is 13.2. The molecule has 0 heterocycles. The van der Waals surface area contributed by atoms with Crippen molar-refractivity contribution < 1.29 is 38.0 Å². The average Bonchev–Trinajstić information content (AvgIpc) is 2.95. The normalized spacial score (nSPS) is 11.3. The molecule has 0 aliphatic heterocycles. The molecule has 0 atom stereocenters. The Hall–Kier alpha value is -3.88. The first-order valence-electron chi connectivity index (χ1n) is 13.2. The van der Waals surface area contributed by atoms with Gasteiger partial charge in [0, 0.05) is 33.7 Å². The fraction of sp³-hybridized carbons (Fsp3) is 0.375. The summed E-state index contributed by atoms with van der Waals surface area (Å²) in [4.78, 5) is 22.3. The fourth-order valence-corrected chi connectivity index (χ4v) is 4.01. The Bertz CT molecular complexity index is 1320. The summed E-state index contributed by atoms with van der Waals surface area (Å²) >= 11 is 0. The molecule has 3 aromatic rings. The summed E-state index contributed by atoms with van der Waals surface area (Å²) in [6.45, 7) is 15.4. The number of fused-ring (bicyclic) bond motifs is 2. The van der Waals surface area contributed by atoms with E-state index >= 15 is 0 Å². The molecular formula is C32H38O8. The number of esters is 2. The van der Waals surface area contributed by atoms with E-state index in [1.54, 1.807) is 0 Å². The SMILES string of the molecule is C=CC(=O)OCCOCCOc1c2ccccc2c(OCCOCCOC(=O)C=C)c2cc(C(C)(C)C)ccc12. The lowest BCUT2D eigenvalue weighted by molar-refractivity contribution is -0.140. The van der Waals surface area contributed by atoms with Crippen molar-refractivity contribution in [3.63, 3.8) is 0 Å². The lowest BCUT2D eigenvalue weighted by atomic mass is 9.85. The topological polar surface area (TPSA) is 89.5 Å². The van der Waals surface area contributed by atoms with Crippen LogP contribution in [0.5, 0.6) is 11.5 Å². The number of carbonyl (C=O) groups excluding carboxylic acids is 2. The quantitative estimate of drug-likeness (QED) is 0.0994. The van der Waals surface area contributed by atoms with Gasteiger partial charge in [-0.25, -0.2) is 9.59 Å². The van der Waals surface area contributed by atoms with Crippen molar-refractivity contribution in [2.75, 3.05) is 52.9 Å². The summed E-state index contributed by atoms with van der Waals surface area (Å²) in [5, 5.41) is 3.72. The van der Waals surface area contributed by atoms with Gasteiger partial charge in [-0.1, -0.05) is 70.3 Å². The molecule has 0 fully saturated rings. The molecule has 0 spiro atoms. The third-order valence-corrected chi connectivity index (χ3v) is 6.02. The standard InChI is InChI=1S/C32H38O8/c1-6-28(33)37-18-14-35-16-20-39-30-24-10-8-9-11-25(24)31(40-21-17-36-15-19-38-29(34)7-2)27-22-23(32(3,4)5)12-13-26(27)30/h6-13,22H,1-2,14-21H2,3-5H3. The largest absolute Gasteiger partial charge is 0.490 e. The molecule has 8 nitrogen and oxygen atoms in total. The predicted molar refractivity (Wildman–Crippen MR) is 155 cm³/mol. The molecule has 0 unspecified atom stereocenters. The van der Waals surface area contributed by atoms with Gasteiger partial charge in [0.1, 0.15) is 37.9 Å². The highest BCUT2D eigenvalue weighted by Crippen LogP contribution is 2.44. The highest BCUT2D eigenvalue weighted by atomic mass is 16.6. The highest BCUT2D eigenvalue weighted by Gasteiger charge is 2.20. The van der Waals surface area contributed by atoms with Gasteiger partial charge in [0.05, 0.1) is 26.4 Å². The monoisotopic (exact) mass is 550 g/mol. The van der Waals surface area contributed by atoms with Gasteiger partial charge in [-0.3, -0.25) is 0 Å². The molecule has 214 valence electrons. The summed E-state index contributed by atoms with van der Waals surface area (Å²) in [5.74, 6) is 0.553. The third-order valence-electron chi connectivity index (χ3n) is 6.02. The molecular weight excluding hydrogens is 512 g/mol. The van der Waals surface area contributed by atoms with Crippen molar-refractivity contribution >= 4 is 33.5 Å². The van der Waals surface area contributed by atoms with Crippen molar-refractivity contribution in [3.05, 3.63) is 73.3 Å². The molecule has 0 aliphatic carbocycles. The molecule has 0 amide bonds. The summed E-state index contributed by atoms with van der Waals surface area (Å²) in [6, 6.07) is 14.3. The summed E-state index contributed by atoms with van der Waals surface area (Å²) < 4.78 is 33.6. The summed E-state index contributed by atoms with van der Waals surface area (Å²) in [5.41, 5.74) is 1.11. The van der Waals surface area contributed by atoms with Crippen LogP contribution in [0.2, 0.25) is 0 Å². The lowest BCUT2D eigenvalue weighted by Crippen LogP contribution is -2.14. The van der Waals surface area contributed by atoms with Crippen molar-refractivity contribution in [3.8, 4) is 11.5 Å². The molecule has 0 aliphatic rings. The van der Waals surface area contributed by atoms with Crippen LogP contribution >= 0.6 is 0 Å². The van der Waals surface area contributed by atoms with E-state index in [1.165, 1.54) is 5.56 Å². The van der Waals surface area contributed by atoms with Crippen LogP contribution in [0.3, 0.4) is 0 Å². The zero-order chi connectivity index (χ0) is 29.0. The maximum Gasteiger partial charge on any atom is 0.330 e. The average molecular weight is 551 g/mol. The Morgan fingerprint density at radius 1 is 0.650 bits per heavy atom. The summed E-state index contributed by atoms with van der Waals surface area (Å²) in [7, 11) is 0. The third kappa shape index (κ3) is 8.56. The van der Waals surface area contributed by atoms with E-state index < -0.39 is 11.9 Å². The number of ether oxygens (including phenoxy) is 6. The molecule has 0 radical (unpaired) electrons. The molecule has 0 N–H and O–H groups in total. The minimum Gasteiger partial charge on any atom is -0.490 e. The van der Waals surface area contributed by atoms with Crippen LogP contribution in [0.25, 0.3) is 21.5 Å². The maximum atomic E-state index is 11.2. The van der Waals surface area contributed by atoms with Gasteiger partial charge >= 0.3 is 11.9 Å². The van der Waals surface area contributed by atoms with E-state index in [1.807, 2.05) is 24.3 Å². The van der Waals surface area contributed by atoms with Crippen LogP contribution in [-0.4, -0.2) is 64.8 Å². The minimum atomic E-state index is -0.477. The fourth-order valence-electron chi connectivity index (χ4n) is 4.01. The van der Waals surface area contributed by atoms with E-state index in [0.29, 0.717) is 26.4 Å². The molecule has 3 rings (SSSR count). The first kappa shape index (κ1) is 30.7. The zero-order valence-corrected chi connectivity index (χ0v) is 23.5. The zero-order valence-electron chi connectivity index (χ0n) is 23.5. The van der Waals surface area contributed by atoms with Crippen molar-refractivity contribution in [1.29, 1.82) is 0 Å². The number of rotatable bonds is 16. The van der Waals surface area contributed by atoms with E-state index in [0.717, 1.165) is 45.2 Å². The molecule has 0 aromatic heterocycles. The molecule has 40 heavy (non-hydrogen) atoms. The van der Waals surface area contributed by atoms with Gasteiger partial charge in [-0.05, 0) is 17.0 Å². The van der Waals surface area contributed by atoms with Gasteiger partial charge in [-0.15, -0.1) is 0 Å². The molecule has 3 aromatic carbocycles. The van der Waals surface area contributed by atoms with Crippen molar-refractivity contribution in [1.82, 2.24) is 0 Å². The van der Waals surface area contributed by atoms with E-state index in [9.17, 15) is 9.59 Å². The molecule has 0 saturated heterocycles. The van der Waals surface area contributed by atoms with E-state index in [2.05, 4.69) is 52.1 Å². The van der Waals surface area contributed by atoms with Gasteiger partial charge in [0.2, 0.25) is 0 Å². The van der Waals surface area contributed by atoms with Crippen LogP contribution in [-0.2, 0) is 34.0 Å². The van der Waals surface area contributed by atoms with Crippen molar-refractivity contribution in [2.45, 2.75) is 26.2 Å². The van der Waals surface area contributed by atoms with Crippen LogP contribution < -0.4 is 9.47 Å². The van der Waals surface area contributed by atoms with Crippen LogP contribution in [0.1, 0.15) is 26.3 Å². The van der Waals surface area contributed by atoms with Crippen LogP contribution in [0, 0.1) is 0 Å².